The van der Waals surface area contributed by atoms with Gasteiger partial charge < -0.3 is 9.32 Å². The number of carbonyl (C=O) groups is 1. The second-order valence-corrected chi connectivity index (χ2v) is 4.83. The van der Waals surface area contributed by atoms with Crippen LogP contribution in [0.4, 0.5) is 0 Å². The summed E-state index contributed by atoms with van der Waals surface area (Å²) in [6.07, 6.45) is 0. The number of carbonyl (C=O) groups excluding carboxylic acids is 1. The Hall–Kier alpha value is -2.03. The highest BCUT2D eigenvalue weighted by Gasteiger charge is 2.22. The molecule has 3 heteroatoms. The van der Waals surface area contributed by atoms with E-state index in [9.17, 15) is 4.79 Å². The molecule has 0 spiro atoms. The van der Waals surface area contributed by atoms with E-state index in [1.165, 1.54) is 0 Å². The second kappa shape index (κ2) is 5.31. The molecule has 0 aliphatic carbocycles. The first kappa shape index (κ1) is 13.4. The van der Waals surface area contributed by atoms with Crippen molar-refractivity contribution in [2.75, 3.05) is 7.05 Å². The summed E-state index contributed by atoms with van der Waals surface area (Å²) in [5.74, 6) is 1.43. The molecule has 0 aliphatic heterocycles. The summed E-state index contributed by atoms with van der Waals surface area (Å²) in [5, 5.41) is 0. The van der Waals surface area contributed by atoms with Crippen LogP contribution in [-0.4, -0.2) is 17.9 Å². The number of furan rings is 1. The molecule has 0 N–H and O–H groups in total. The summed E-state index contributed by atoms with van der Waals surface area (Å²) in [4.78, 5) is 14.2. The smallest absolute Gasteiger partial charge is 0.257 e. The van der Waals surface area contributed by atoms with Crippen LogP contribution in [0.1, 0.15) is 40.4 Å². The summed E-state index contributed by atoms with van der Waals surface area (Å²) in [6, 6.07) is 11.8. The van der Waals surface area contributed by atoms with Gasteiger partial charge in [-0.3, -0.25) is 4.79 Å². The summed E-state index contributed by atoms with van der Waals surface area (Å²) in [5.41, 5.74) is 1.76. The van der Waals surface area contributed by atoms with Gasteiger partial charge in [-0.25, -0.2) is 0 Å². The van der Waals surface area contributed by atoms with Gasteiger partial charge in [-0.05, 0) is 32.4 Å². The first-order valence-electron chi connectivity index (χ1n) is 6.40. The van der Waals surface area contributed by atoms with E-state index >= 15 is 0 Å². The van der Waals surface area contributed by atoms with Crippen molar-refractivity contribution >= 4 is 5.91 Å². The van der Waals surface area contributed by atoms with Crippen LogP contribution in [0.2, 0.25) is 0 Å². The Kier molecular flexibility index (Phi) is 3.74. The molecule has 1 aromatic heterocycles. The summed E-state index contributed by atoms with van der Waals surface area (Å²) >= 11 is 0. The average Bonchev–Trinajstić information content (AvgIpc) is 2.76. The molecule has 3 nitrogen and oxygen atoms in total. The Morgan fingerprint density at radius 2 is 1.84 bits per heavy atom. The summed E-state index contributed by atoms with van der Waals surface area (Å²) < 4.78 is 5.42. The minimum atomic E-state index is -0.00861. The number of amides is 1. The van der Waals surface area contributed by atoms with Crippen molar-refractivity contribution in [1.82, 2.24) is 4.90 Å². The number of hydrogen-bond donors (Lipinski definition) is 0. The number of benzene rings is 1. The highest BCUT2D eigenvalue weighted by molar-refractivity contribution is 5.95. The normalized spacial score (nSPS) is 12.2. The van der Waals surface area contributed by atoms with Crippen LogP contribution in [0.25, 0.3) is 0 Å². The van der Waals surface area contributed by atoms with Gasteiger partial charge in [0.05, 0.1) is 11.6 Å². The van der Waals surface area contributed by atoms with Crippen LogP contribution in [-0.2, 0) is 0 Å². The maximum atomic E-state index is 12.5. The molecule has 1 amide bonds. The topological polar surface area (TPSA) is 33.5 Å². The minimum absolute atomic E-state index is 0.00861. The monoisotopic (exact) mass is 257 g/mol. The summed E-state index contributed by atoms with van der Waals surface area (Å²) in [7, 11) is 1.82. The van der Waals surface area contributed by atoms with Gasteiger partial charge in [-0.15, -0.1) is 0 Å². The van der Waals surface area contributed by atoms with Gasteiger partial charge in [-0.1, -0.05) is 30.3 Å². The molecule has 0 saturated carbocycles. The molecule has 2 aromatic rings. The molecule has 1 atom stereocenters. The third-order valence-electron chi connectivity index (χ3n) is 3.45. The van der Waals surface area contributed by atoms with E-state index < -0.39 is 0 Å². The van der Waals surface area contributed by atoms with E-state index in [4.69, 9.17) is 4.42 Å². The fourth-order valence-electron chi connectivity index (χ4n) is 2.16. The van der Waals surface area contributed by atoms with Gasteiger partial charge in [-0.2, -0.15) is 0 Å². The van der Waals surface area contributed by atoms with Gasteiger partial charge in [0, 0.05) is 7.05 Å². The maximum Gasteiger partial charge on any atom is 0.257 e. The molecule has 0 fully saturated rings. The Bertz CT molecular complexity index is 572. The zero-order chi connectivity index (χ0) is 14.0. The first-order valence-corrected chi connectivity index (χ1v) is 6.40. The van der Waals surface area contributed by atoms with Crippen molar-refractivity contribution in [2.24, 2.45) is 0 Å². The molecule has 0 aliphatic rings. The zero-order valence-electron chi connectivity index (χ0n) is 11.8. The lowest BCUT2D eigenvalue weighted by Gasteiger charge is -2.25. The van der Waals surface area contributed by atoms with Crippen LogP contribution >= 0.6 is 0 Å². The highest BCUT2D eigenvalue weighted by Crippen LogP contribution is 2.22. The standard InChI is InChI=1S/C16H19NO2/c1-11-10-15(13(3)19-11)16(18)17(4)12(2)14-8-6-5-7-9-14/h5-10,12H,1-4H3. The van der Waals surface area contributed by atoms with Crippen molar-refractivity contribution in [3.8, 4) is 0 Å². The fraction of sp³-hybridized carbons (Fsp3) is 0.312. The fourth-order valence-corrected chi connectivity index (χ4v) is 2.16. The number of hydrogen-bond acceptors (Lipinski definition) is 2. The van der Waals surface area contributed by atoms with Crippen molar-refractivity contribution in [1.29, 1.82) is 0 Å². The third kappa shape index (κ3) is 2.70. The number of rotatable bonds is 3. The average molecular weight is 257 g/mol. The molecule has 0 bridgehead atoms. The Balaban J connectivity index is 2.22. The molecule has 1 unspecified atom stereocenters. The van der Waals surface area contributed by atoms with Crippen molar-refractivity contribution in [3.05, 3.63) is 59.0 Å². The van der Waals surface area contributed by atoms with Crippen LogP contribution < -0.4 is 0 Å². The van der Waals surface area contributed by atoms with E-state index in [0.29, 0.717) is 11.3 Å². The van der Waals surface area contributed by atoms with Gasteiger partial charge in [0.1, 0.15) is 11.5 Å². The van der Waals surface area contributed by atoms with Gasteiger partial charge in [0.15, 0.2) is 0 Å². The quantitative estimate of drug-likeness (QED) is 0.839. The molecule has 0 saturated heterocycles. The first-order chi connectivity index (χ1) is 9.00. The predicted octanol–water partition coefficient (Wildman–Crippen LogP) is 3.73. The zero-order valence-corrected chi connectivity index (χ0v) is 11.8. The predicted molar refractivity (Wildman–Crippen MR) is 75.1 cm³/mol. The van der Waals surface area contributed by atoms with Crippen LogP contribution in [0.3, 0.4) is 0 Å². The lowest BCUT2D eigenvalue weighted by atomic mass is 10.1. The summed E-state index contributed by atoms with van der Waals surface area (Å²) in [6.45, 7) is 5.70. The van der Waals surface area contributed by atoms with E-state index in [1.807, 2.05) is 58.2 Å². The molecular formula is C16H19NO2. The second-order valence-electron chi connectivity index (χ2n) is 4.83. The lowest BCUT2D eigenvalue weighted by molar-refractivity contribution is 0.0741. The molecule has 19 heavy (non-hydrogen) atoms. The van der Waals surface area contributed by atoms with Crippen molar-refractivity contribution < 1.29 is 9.21 Å². The minimum Gasteiger partial charge on any atom is -0.466 e. The van der Waals surface area contributed by atoms with E-state index in [2.05, 4.69) is 0 Å². The van der Waals surface area contributed by atoms with Crippen LogP contribution in [0.5, 0.6) is 0 Å². The lowest BCUT2D eigenvalue weighted by Crippen LogP contribution is -2.29. The van der Waals surface area contributed by atoms with Crippen molar-refractivity contribution in [2.45, 2.75) is 26.8 Å². The molecule has 2 rings (SSSR count). The van der Waals surface area contributed by atoms with Gasteiger partial charge >= 0.3 is 0 Å². The Morgan fingerprint density at radius 3 is 2.37 bits per heavy atom. The number of aryl methyl sites for hydroxylation is 2. The SMILES string of the molecule is Cc1cc(C(=O)N(C)C(C)c2ccccc2)c(C)o1. The van der Waals surface area contributed by atoms with Gasteiger partial charge in [0.25, 0.3) is 5.91 Å². The molecule has 100 valence electrons. The third-order valence-corrected chi connectivity index (χ3v) is 3.45. The maximum absolute atomic E-state index is 12.5. The molecule has 0 radical (unpaired) electrons. The molecule has 1 aromatic carbocycles. The highest BCUT2D eigenvalue weighted by atomic mass is 16.3. The van der Waals surface area contributed by atoms with E-state index in [0.717, 1.165) is 11.3 Å². The number of nitrogens with zero attached hydrogens (tertiary/aromatic N) is 1. The molecular weight excluding hydrogens is 238 g/mol. The Morgan fingerprint density at radius 1 is 1.21 bits per heavy atom. The van der Waals surface area contributed by atoms with Crippen molar-refractivity contribution in [3.63, 3.8) is 0 Å². The van der Waals surface area contributed by atoms with E-state index in [1.54, 1.807) is 11.0 Å². The van der Waals surface area contributed by atoms with E-state index in [-0.39, 0.29) is 11.9 Å². The molecule has 1 heterocycles. The largest absolute Gasteiger partial charge is 0.466 e. The van der Waals surface area contributed by atoms with Crippen LogP contribution in [0, 0.1) is 13.8 Å². The van der Waals surface area contributed by atoms with Gasteiger partial charge in [0.2, 0.25) is 0 Å². The Labute approximate surface area is 113 Å². The van der Waals surface area contributed by atoms with Crippen LogP contribution in [0.15, 0.2) is 40.8 Å².